The van der Waals surface area contributed by atoms with Gasteiger partial charge in [0.2, 0.25) is 0 Å². The lowest BCUT2D eigenvalue weighted by atomic mass is 10.1. The Hall–Kier alpha value is -3.77. The summed E-state index contributed by atoms with van der Waals surface area (Å²) in [5, 5.41) is 7.54. The minimum absolute atomic E-state index is 0.160. The van der Waals surface area contributed by atoms with Crippen LogP contribution in [0.15, 0.2) is 79.0 Å². The van der Waals surface area contributed by atoms with E-state index in [0.717, 1.165) is 30.9 Å². The highest BCUT2D eigenvalue weighted by molar-refractivity contribution is 6.04. The van der Waals surface area contributed by atoms with Crippen LogP contribution in [0.5, 0.6) is 5.75 Å². The molecule has 0 atom stereocenters. The van der Waals surface area contributed by atoms with Gasteiger partial charge in [-0.1, -0.05) is 6.07 Å². The third-order valence-electron chi connectivity index (χ3n) is 5.54. The molecule has 0 aliphatic carbocycles. The highest BCUT2D eigenvalue weighted by Gasteiger charge is 2.08. The molecule has 6 nitrogen and oxygen atoms in total. The molecule has 1 heterocycles. The van der Waals surface area contributed by atoms with Crippen LogP contribution in [0.25, 0.3) is 10.9 Å². The molecule has 0 bridgehead atoms. The maximum absolute atomic E-state index is 12.6. The number of hydrogen-bond donors (Lipinski definition) is 2. The van der Waals surface area contributed by atoms with Crippen molar-refractivity contribution in [1.29, 1.82) is 0 Å². The van der Waals surface area contributed by atoms with Crippen molar-refractivity contribution in [3.63, 3.8) is 0 Å². The van der Waals surface area contributed by atoms with Crippen LogP contribution in [0, 0.1) is 0 Å². The molecule has 2 N–H and O–H groups in total. The monoisotopic (exact) mass is 442 g/mol. The summed E-state index contributed by atoms with van der Waals surface area (Å²) in [4.78, 5) is 14.8. The molecular weight excluding hydrogens is 412 g/mol. The van der Waals surface area contributed by atoms with Gasteiger partial charge >= 0.3 is 0 Å². The van der Waals surface area contributed by atoms with E-state index >= 15 is 0 Å². The first-order valence-corrected chi connectivity index (χ1v) is 11.1. The fraction of sp³-hybridized carbons (Fsp3) is 0.222. The highest BCUT2D eigenvalue weighted by atomic mass is 16.5. The second-order valence-electron chi connectivity index (χ2n) is 8.33. The molecule has 1 amide bonds. The summed E-state index contributed by atoms with van der Waals surface area (Å²) in [6, 6.07) is 23.3. The van der Waals surface area contributed by atoms with Gasteiger partial charge in [-0.3, -0.25) is 4.79 Å². The number of aromatic nitrogens is 1. The fourth-order valence-corrected chi connectivity index (χ4v) is 3.81. The Balaban J connectivity index is 1.39. The predicted molar refractivity (Wildman–Crippen MR) is 136 cm³/mol. The molecule has 170 valence electrons. The molecule has 33 heavy (non-hydrogen) atoms. The Kier molecular flexibility index (Phi) is 6.95. The van der Waals surface area contributed by atoms with Crippen molar-refractivity contribution in [1.82, 2.24) is 9.47 Å². The van der Waals surface area contributed by atoms with Crippen LogP contribution in [-0.4, -0.2) is 43.1 Å². The summed E-state index contributed by atoms with van der Waals surface area (Å²) in [6.45, 7) is 2.08. The molecule has 0 spiro atoms. The van der Waals surface area contributed by atoms with E-state index < -0.39 is 0 Å². The second-order valence-corrected chi connectivity index (χ2v) is 8.33. The van der Waals surface area contributed by atoms with Gasteiger partial charge in [-0.2, -0.15) is 0 Å². The summed E-state index contributed by atoms with van der Waals surface area (Å²) in [7, 11) is 5.81. The van der Waals surface area contributed by atoms with Crippen molar-refractivity contribution >= 4 is 33.9 Å². The molecule has 0 unspecified atom stereocenters. The number of rotatable bonds is 9. The lowest BCUT2D eigenvalue weighted by Crippen LogP contribution is -2.14. The third-order valence-corrected chi connectivity index (χ3v) is 5.54. The van der Waals surface area contributed by atoms with E-state index in [9.17, 15) is 4.79 Å². The molecule has 0 radical (unpaired) electrons. The quantitative estimate of drug-likeness (QED) is 0.354. The first-order chi connectivity index (χ1) is 16.0. The van der Waals surface area contributed by atoms with Crippen LogP contribution in [-0.2, 0) is 6.54 Å². The Morgan fingerprint density at radius 3 is 2.48 bits per heavy atom. The maximum Gasteiger partial charge on any atom is 0.255 e. The number of carbonyl (C=O) groups is 1. The average molecular weight is 443 g/mol. The number of anilines is 3. The lowest BCUT2D eigenvalue weighted by molar-refractivity contribution is 0.102. The van der Waals surface area contributed by atoms with E-state index in [1.54, 1.807) is 13.2 Å². The molecule has 6 heteroatoms. The number of hydrogen-bond acceptors (Lipinski definition) is 4. The van der Waals surface area contributed by atoms with E-state index in [1.807, 2.05) is 42.5 Å². The van der Waals surface area contributed by atoms with Crippen molar-refractivity contribution in [2.24, 2.45) is 0 Å². The van der Waals surface area contributed by atoms with Gasteiger partial charge in [-0.05, 0) is 87.7 Å². The summed E-state index contributed by atoms with van der Waals surface area (Å²) >= 11 is 0. The van der Waals surface area contributed by atoms with Gasteiger partial charge in [-0.15, -0.1) is 0 Å². The third kappa shape index (κ3) is 5.73. The van der Waals surface area contributed by atoms with E-state index in [4.69, 9.17) is 4.74 Å². The lowest BCUT2D eigenvalue weighted by Gasteiger charge is -2.11. The summed E-state index contributed by atoms with van der Waals surface area (Å²) in [5.74, 6) is 0.542. The SMILES string of the molecule is COc1cccc(NC(=O)c2ccc(Nc3ccc4c(ccn4CCCN(C)C)c3)cc2)c1. The summed E-state index contributed by atoms with van der Waals surface area (Å²) in [6.07, 6.45) is 3.27. The van der Waals surface area contributed by atoms with Crippen LogP contribution < -0.4 is 15.4 Å². The Morgan fingerprint density at radius 1 is 0.939 bits per heavy atom. The number of fused-ring (bicyclic) bond motifs is 1. The van der Waals surface area contributed by atoms with Crippen molar-refractivity contribution in [3.05, 3.63) is 84.6 Å². The predicted octanol–water partition coefficient (Wildman–Crippen LogP) is 5.60. The number of benzene rings is 3. The normalized spacial score (nSPS) is 11.0. The summed E-state index contributed by atoms with van der Waals surface area (Å²) in [5.41, 5.74) is 4.47. The van der Waals surface area contributed by atoms with Crippen LogP contribution in [0.2, 0.25) is 0 Å². The minimum Gasteiger partial charge on any atom is -0.497 e. The zero-order chi connectivity index (χ0) is 23.2. The molecule has 4 rings (SSSR count). The molecule has 1 aromatic heterocycles. The van der Waals surface area contributed by atoms with E-state index in [1.165, 1.54) is 10.9 Å². The van der Waals surface area contributed by atoms with E-state index in [0.29, 0.717) is 17.0 Å². The van der Waals surface area contributed by atoms with Crippen LogP contribution in [0.4, 0.5) is 17.1 Å². The van der Waals surface area contributed by atoms with Crippen LogP contribution in [0.1, 0.15) is 16.8 Å². The Bertz CT molecular complexity index is 1230. The standard InChI is InChI=1S/C27H30N4O2/c1-30(2)15-5-16-31-17-14-21-18-24(12-13-26(21)31)28-22-10-8-20(9-11-22)27(32)29-23-6-4-7-25(19-23)33-3/h4,6-14,17-19,28H,5,15-16H2,1-3H3,(H,29,32). The smallest absolute Gasteiger partial charge is 0.255 e. The molecule has 0 fully saturated rings. The van der Waals surface area contributed by atoms with Gasteiger partial charge < -0.3 is 24.8 Å². The minimum atomic E-state index is -0.160. The number of nitrogens with one attached hydrogen (secondary N) is 2. The first-order valence-electron chi connectivity index (χ1n) is 11.1. The molecule has 0 aliphatic heterocycles. The van der Waals surface area contributed by atoms with Crippen LogP contribution in [0.3, 0.4) is 0 Å². The van der Waals surface area contributed by atoms with E-state index in [-0.39, 0.29) is 5.91 Å². The molecular formula is C27H30N4O2. The molecule has 0 saturated heterocycles. The fourth-order valence-electron chi connectivity index (χ4n) is 3.81. The molecule has 4 aromatic rings. The van der Waals surface area contributed by atoms with Gasteiger partial charge in [-0.25, -0.2) is 0 Å². The highest BCUT2D eigenvalue weighted by Crippen LogP contribution is 2.24. The zero-order valence-electron chi connectivity index (χ0n) is 19.3. The van der Waals surface area contributed by atoms with Crippen molar-refractivity contribution in [3.8, 4) is 5.75 Å². The number of amides is 1. The van der Waals surface area contributed by atoms with Gasteiger partial charge in [0.1, 0.15) is 5.75 Å². The van der Waals surface area contributed by atoms with E-state index in [2.05, 4.69) is 64.7 Å². The molecule has 0 saturated carbocycles. The number of aryl methyl sites for hydroxylation is 1. The number of nitrogens with zero attached hydrogens (tertiary/aromatic N) is 2. The molecule has 3 aromatic carbocycles. The summed E-state index contributed by atoms with van der Waals surface area (Å²) < 4.78 is 7.51. The van der Waals surface area contributed by atoms with Gasteiger partial charge in [0.15, 0.2) is 0 Å². The Labute approximate surface area is 194 Å². The number of carbonyl (C=O) groups excluding carboxylic acids is 1. The second kappa shape index (κ2) is 10.2. The average Bonchev–Trinajstić information content (AvgIpc) is 3.21. The Morgan fingerprint density at radius 2 is 1.73 bits per heavy atom. The molecule has 0 aliphatic rings. The van der Waals surface area contributed by atoms with Crippen molar-refractivity contribution in [2.75, 3.05) is 38.4 Å². The largest absolute Gasteiger partial charge is 0.497 e. The van der Waals surface area contributed by atoms with Gasteiger partial charge in [0.25, 0.3) is 5.91 Å². The first kappa shape index (κ1) is 22.4. The number of methoxy groups -OCH3 is 1. The van der Waals surface area contributed by atoms with Gasteiger partial charge in [0.05, 0.1) is 7.11 Å². The van der Waals surface area contributed by atoms with Crippen molar-refractivity contribution in [2.45, 2.75) is 13.0 Å². The van der Waals surface area contributed by atoms with Gasteiger partial charge in [0, 0.05) is 52.3 Å². The zero-order valence-corrected chi connectivity index (χ0v) is 19.3. The number of ether oxygens (including phenoxy) is 1. The van der Waals surface area contributed by atoms with Crippen LogP contribution >= 0.6 is 0 Å². The maximum atomic E-state index is 12.6. The topological polar surface area (TPSA) is 58.5 Å². The van der Waals surface area contributed by atoms with Crippen molar-refractivity contribution < 1.29 is 9.53 Å².